The predicted octanol–water partition coefficient (Wildman–Crippen LogP) is 4.10. The lowest BCUT2D eigenvalue weighted by molar-refractivity contribution is 0.415. The Hall–Kier alpha value is -2.42. The maximum Gasteiger partial charge on any atom is 0.248 e. The number of methoxy groups -OCH3 is 1. The molecule has 3 rings (SSSR count). The molecule has 9 heteroatoms. The number of hydrogen-bond acceptors (Lipinski definition) is 6. The second kappa shape index (κ2) is 8.30. The highest BCUT2D eigenvalue weighted by Gasteiger charge is 2.25. The minimum atomic E-state index is -3.72. The molecule has 1 aromatic heterocycles. The largest absolute Gasteiger partial charge is 0.497 e. The quantitative estimate of drug-likeness (QED) is 0.571. The van der Waals surface area contributed by atoms with Crippen molar-refractivity contribution in [1.82, 2.24) is 14.5 Å². The van der Waals surface area contributed by atoms with Crippen molar-refractivity contribution >= 4 is 21.6 Å². The number of halogens is 1. The van der Waals surface area contributed by atoms with Crippen molar-refractivity contribution in [2.24, 2.45) is 0 Å². The van der Waals surface area contributed by atoms with Crippen LogP contribution >= 0.6 is 11.6 Å². The molecule has 7 nitrogen and oxygen atoms in total. The van der Waals surface area contributed by atoms with Crippen LogP contribution in [0.5, 0.6) is 5.75 Å². The standard InChI is InChI=1S/C19H20ClN3O4S/c1-4-23(5-2)28(24,25)17-12-14(8-11-16(17)20)19-22-21-18(27-19)13-6-9-15(26-3)10-7-13/h6-12H,4-5H2,1-3H3. The highest BCUT2D eigenvalue weighted by molar-refractivity contribution is 7.89. The Kier molecular flexibility index (Phi) is 6.02. The predicted molar refractivity (Wildman–Crippen MR) is 107 cm³/mol. The molecule has 0 atom stereocenters. The zero-order valence-electron chi connectivity index (χ0n) is 15.7. The van der Waals surface area contributed by atoms with Gasteiger partial charge in [-0.3, -0.25) is 0 Å². The lowest BCUT2D eigenvalue weighted by Crippen LogP contribution is -2.30. The van der Waals surface area contributed by atoms with Crippen LogP contribution in [0.15, 0.2) is 51.8 Å². The molecule has 0 N–H and O–H groups in total. The third-order valence-corrected chi connectivity index (χ3v) is 6.79. The van der Waals surface area contributed by atoms with Crippen LogP contribution in [0, 0.1) is 0 Å². The molecule has 148 valence electrons. The summed E-state index contributed by atoms with van der Waals surface area (Å²) in [5, 5.41) is 8.24. The molecule has 28 heavy (non-hydrogen) atoms. The summed E-state index contributed by atoms with van der Waals surface area (Å²) >= 11 is 6.17. The van der Waals surface area contributed by atoms with Gasteiger partial charge in [0.05, 0.1) is 12.1 Å². The molecule has 1 heterocycles. The minimum absolute atomic E-state index is 0.0135. The molecule has 3 aromatic rings. The topological polar surface area (TPSA) is 85.5 Å². The summed E-state index contributed by atoms with van der Waals surface area (Å²) in [6.45, 7) is 4.25. The molecule has 0 radical (unpaired) electrons. The van der Waals surface area contributed by atoms with Crippen LogP contribution in [-0.4, -0.2) is 43.1 Å². The number of nitrogens with zero attached hydrogens (tertiary/aromatic N) is 3. The first kappa shape index (κ1) is 20.3. The van der Waals surface area contributed by atoms with Gasteiger partial charge in [-0.15, -0.1) is 10.2 Å². The lowest BCUT2D eigenvalue weighted by Gasteiger charge is -2.19. The highest BCUT2D eigenvalue weighted by Crippen LogP contribution is 2.31. The van der Waals surface area contributed by atoms with Gasteiger partial charge in [-0.1, -0.05) is 25.4 Å². The van der Waals surface area contributed by atoms with Gasteiger partial charge in [0, 0.05) is 24.2 Å². The molecule has 0 amide bonds. The summed E-state index contributed by atoms with van der Waals surface area (Å²) < 4.78 is 37.9. The molecule has 0 fully saturated rings. The van der Waals surface area contributed by atoms with Gasteiger partial charge in [-0.05, 0) is 42.5 Å². The van der Waals surface area contributed by atoms with E-state index in [1.807, 2.05) is 0 Å². The van der Waals surface area contributed by atoms with Crippen LogP contribution in [0.1, 0.15) is 13.8 Å². The third kappa shape index (κ3) is 3.89. The lowest BCUT2D eigenvalue weighted by atomic mass is 10.2. The average molecular weight is 422 g/mol. The van der Waals surface area contributed by atoms with Gasteiger partial charge in [0.2, 0.25) is 21.8 Å². The van der Waals surface area contributed by atoms with Crippen LogP contribution in [-0.2, 0) is 10.0 Å². The van der Waals surface area contributed by atoms with Crippen molar-refractivity contribution in [3.63, 3.8) is 0 Å². The van der Waals surface area contributed by atoms with Crippen molar-refractivity contribution < 1.29 is 17.6 Å². The molecule has 2 aromatic carbocycles. The Morgan fingerprint density at radius 1 is 1.00 bits per heavy atom. The molecular weight excluding hydrogens is 402 g/mol. The first-order chi connectivity index (χ1) is 13.4. The van der Waals surface area contributed by atoms with Gasteiger partial charge in [0.25, 0.3) is 0 Å². The third-order valence-electron chi connectivity index (χ3n) is 4.26. The van der Waals surface area contributed by atoms with Crippen LogP contribution in [0.4, 0.5) is 0 Å². The van der Waals surface area contributed by atoms with Crippen molar-refractivity contribution in [1.29, 1.82) is 0 Å². The fourth-order valence-electron chi connectivity index (χ4n) is 2.73. The molecule has 0 bridgehead atoms. The van der Waals surface area contributed by atoms with E-state index in [-0.39, 0.29) is 15.8 Å². The summed E-state index contributed by atoms with van der Waals surface area (Å²) in [5.74, 6) is 1.24. The van der Waals surface area contributed by atoms with E-state index in [1.165, 1.54) is 16.4 Å². The fraction of sp³-hybridized carbons (Fsp3) is 0.263. The highest BCUT2D eigenvalue weighted by atomic mass is 35.5. The van der Waals surface area contributed by atoms with Gasteiger partial charge in [-0.25, -0.2) is 8.42 Å². The first-order valence-electron chi connectivity index (χ1n) is 8.68. The molecule has 0 aliphatic carbocycles. The van der Waals surface area contributed by atoms with Crippen molar-refractivity contribution in [2.45, 2.75) is 18.7 Å². The summed E-state index contributed by atoms with van der Waals surface area (Å²) in [5.41, 5.74) is 1.20. The molecule has 0 aliphatic heterocycles. The molecule has 0 saturated heterocycles. The first-order valence-corrected chi connectivity index (χ1v) is 10.5. The number of rotatable bonds is 7. The van der Waals surface area contributed by atoms with Crippen molar-refractivity contribution in [3.8, 4) is 28.7 Å². The monoisotopic (exact) mass is 421 g/mol. The van der Waals surface area contributed by atoms with Gasteiger partial charge < -0.3 is 9.15 Å². The van der Waals surface area contributed by atoms with Gasteiger partial charge in [0.1, 0.15) is 10.6 Å². The summed E-state index contributed by atoms with van der Waals surface area (Å²) in [4.78, 5) is 0.0135. The number of benzene rings is 2. The molecular formula is C19H20ClN3O4S. The van der Waals surface area contributed by atoms with E-state index < -0.39 is 10.0 Å². The molecule has 0 saturated carbocycles. The van der Waals surface area contributed by atoms with E-state index in [1.54, 1.807) is 51.3 Å². The average Bonchev–Trinajstić information content (AvgIpc) is 3.19. The van der Waals surface area contributed by atoms with E-state index in [9.17, 15) is 8.42 Å². The maximum absolute atomic E-state index is 12.8. The van der Waals surface area contributed by atoms with E-state index in [0.29, 0.717) is 30.3 Å². The van der Waals surface area contributed by atoms with Crippen LogP contribution in [0.2, 0.25) is 5.02 Å². The zero-order valence-corrected chi connectivity index (χ0v) is 17.3. The second-order valence-electron chi connectivity index (χ2n) is 5.88. The fourth-order valence-corrected chi connectivity index (χ4v) is 4.69. The molecule has 0 aliphatic rings. The Balaban J connectivity index is 1.98. The van der Waals surface area contributed by atoms with E-state index in [0.717, 1.165) is 5.56 Å². The molecule has 0 spiro atoms. The Labute approximate surface area is 169 Å². The smallest absolute Gasteiger partial charge is 0.248 e. The van der Waals surface area contributed by atoms with Crippen molar-refractivity contribution in [3.05, 3.63) is 47.5 Å². The van der Waals surface area contributed by atoms with Crippen LogP contribution < -0.4 is 4.74 Å². The minimum Gasteiger partial charge on any atom is -0.497 e. The van der Waals surface area contributed by atoms with Crippen LogP contribution in [0.25, 0.3) is 22.9 Å². The summed E-state index contributed by atoms with van der Waals surface area (Å²) in [6, 6.07) is 11.8. The summed E-state index contributed by atoms with van der Waals surface area (Å²) in [6.07, 6.45) is 0. The van der Waals surface area contributed by atoms with Gasteiger partial charge in [0.15, 0.2) is 0 Å². The van der Waals surface area contributed by atoms with E-state index in [4.69, 9.17) is 20.8 Å². The Morgan fingerprint density at radius 3 is 2.14 bits per heavy atom. The van der Waals surface area contributed by atoms with E-state index in [2.05, 4.69) is 10.2 Å². The summed E-state index contributed by atoms with van der Waals surface area (Å²) in [7, 11) is -2.13. The molecule has 0 unspecified atom stereocenters. The van der Waals surface area contributed by atoms with Gasteiger partial charge >= 0.3 is 0 Å². The Bertz CT molecular complexity index is 1060. The SMILES string of the molecule is CCN(CC)S(=O)(=O)c1cc(-c2nnc(-c3ccc(OC)cc3)o2)ccc1Cl. The number of aromatic nitrogens is 2. The number of ether oxygens (including phenoxy) is 1. The second-order valence-corrected chi connectivity index (χ2v) is 8.19. The van der Waals surface area contributed by atoms with Gasteiger partial charge in [-0.2, -0.15) is 4.31 Å². The maximum atomic E-state index is 12.8. The number of hydrogen-bond donors (Lipinski definition) is 0. The number of sulfonamides is 1. The Morgan fingerprint density at radius 2 is 1.57 bits per heavy atom. The van der Waals surface area contributed by atoms with Crippen molar-refractivity contribution in [2.75, 3.05) is 20.2 Å². The van der Waals surface area contributed by atoms with Crippen LogP contribution in [0.3, 0.4) is 0 Å². The van der Waals surface area contributed by atoms with E-state index >= 15 is 0 Å². The normalized spacial score (nSPS) is 11.8. The zero-order chi connectivity index (χ0) is 20.3.